The molecule has 0 amide bonds. The summed E-state index contributed by atoms with van der Waals surface area (Å²) in [6.07, 6.45) is 5.02. The van der Waals surface area contributed by atoms with Crippen LogP contribution in [0.1, 0.15) is 38.2 Å². The molecule has 1 aromatic rings. The molecule has 1 aromatic carbocycles. The minimum absolute atomic E-state index is 0.334. The van der Waals surface area contributed by atoms with Crippen LogP contribution in [0.2, 0.25) is 10.0 Å². The summed E-state index contributed by atoms with van der Waals surface area (Å²) >= 11 is 12.0. The second-order valence-electron chi connectivity index (χ2n) is 4.81. The first kappa shape index (κ1) is 13.0. The Balaban J connectivity index is 2.04. The van der Waals surface area contributed by atoms with Gasteiger partial charge in [-0.1, -0.05) is 30.1 Å². The van der Waals surface area contributed by atoms with E-state index in [1.54, 1.807) is 0 Å². The minimum Gasteiger partial charge on any atom is -0.396 e. The van der Waals surface area contributed by atoms with Gasteiger partial charge in [0.1, 0.15) is 0 Å². The van der Waals surface area contributed by atoms with E-state index in [0.29, 0.717) is 21.3 Å². The third-order valence-electron chi connectivity index (χ3n) is 3.79. The van der Waals surface area contributed by atoms with E-state index in [1.807, 2.05) is 12.1 Å². The fraction of sp³-hybridized carbons (Fsp3) is 0.538. The van der Waals surface area contributed by atoms with E-state index in [1.165, 1.54) is 25.7 Å². The summed E-state index contributed by atoms with van der Waals surface area (Å²) in [5.74, 6) is 0. The molecule has 0 radical (unpaired) electrons. The predicted octanol–water partition coefficient (Wildman–Crippen LogP) is 4.00. The Hall–Kier alpha value is -0.440. The zero-order valence-electron chi connectivity index (χ0n) is 10.0. The molecule has 0 heterocycles. The summed E-state index contributed by atoms with van der Waals surface area (Å²) in [6, 6.07) is 3.77. The van der Waals surface area contributed by atoms with Crippen LogP contribution in [-0.4, -0.2) is 5.54 Å². The predicted molar refractivity (Wildman–Crippen MR) is 74.6 cm³/mol. The van der Waals surface area contributed by atoms with Gasteiger partial charge in [-0.15, -0.1) is 0 Å². The van der Waals surface area contributed by atoms with Crippen molar-refractivity contribution in [3.05, 3.63) is 27.7 Å². The van der Waals surface area contributed by atoms with Gasteiger partial charge < -0.3 is 11.1 Å². The molecule has 2 nitrogen and oxygen atoms in total. The first-order valence-electron chi connectivity index (χ1n) is 6.05. The number of hydrogen-bond donors (Lipinski definition) is 2. The van der Waals surface area contributed by atoms with E-state index >= 15 is 0 Å². The molecule has 4 heteroatoms. The number of nitrogens with two attached hydrogens (primary N) is 1. The standard InChI is InChI=1S/C13H18Cl2N2/c1-2-13(4-3-5-13)17-8-9-6-10(14)12(16)11(15)7-9/h6-7,17H,2-5,8,16H2,1H3. The fourth-order valence-electron chi connectivity index (χ4n) is 2.29. The highest BCUT2D eigenvalue weighted by Crippen LogP contribution is 2.35. The summed E-state index contributed by atoms with van der Waals surface area (Å²) < 4.78 is 0. The van der Waals surface area contributed by atoms with E-state index < -0.39 is 0 Å². The zero-order valence-corrected chi connectivity index (χ0v) is 11.5. The Bertz CT molecular complexity index is 385. The number of halogens is 2. The Morgan fingerprint density at radius 3 is 2.29 bits per heavy atom. The molecule has 0 spiro atoms. The Morgan fingerprint density at radius 1 is 1.29 bits per heavy atom. The third-order valence-corrected chi connectivity index (χ3v) is 4.42. The molecule has 94 valence electrons. The largest absolute Gasteiger partial charge is 0.396 e. The molecule has 0 atom stereocenters. The lowest BCUT2D eigenvalue weighted by Crippen LogP contribution is -2.49. The van der Waals surface area contributed by atoms with Gasteiger partial charge in [0.05, 0.1) is 15.7 Å². The highest BCUT2D eigenvalue weighted by molar-refractivity contribution is 6.38. The molecular weight excluding hydrogens is 255 g/mol. The topological polar surface area (TPSA) is 38.0 Å². The van der Waals surface area contributed by atoms with Crippen molar-refractivity contribution in [3.8, 4) is 0 Å². The molecule has 2 rings (SSSR count). The smallest absolute Gasteiger partial charge is 0.0693 e. The number of hydrogen-bond acceptors (Lipinski definition) is 2. The van der Waals surface area contributed by atoms with E-state index in [0.717, 1.165) is 12.1 Å². The lowest BCUT2D eigenvalue weighted by Gasteiger charge is -2.42. The maximum atomic E-state index is 6.01. The van der Waals surface area contributed by atoms with E-state index in [4.69, 9.17) is 28.9 Å². The number of benzene rings is 1. The van der Waals surface area contributed by atoms with Gasteiger partial charge in [0, 0.05) is 12.1 Å². The van der Waals surface area contributed by atoms with Crippen molar-refractivity contribution >= 4 is 28.9 Å². The van der Waals surface area contributed by atoms with Gasteiger partial charge in [-0.3, -0.25) is 0 Å². The Morgan fingerprint density at radius 2 is 1.88 bits per heavy atom. The monoisotopic (exact) mass is 272 g/mol. The van der Waals surface area contributed by atoms with Crippen LogP contribution in [0.15, 0.2) is 12.1 Å². The number of nitrogens with one attached hydrogen (secondary N) is 1. The molecular formula is C13H18Cl2N2. The van der Waals surface area contributed by atoms with Crippen LogP contribution in [0.4, 0.5) is 5.69 Å². The van der Waals surface area contributed by atoms with Crippen molar-refractivity contribution in [1.29, 1.82) is 0 Å². The normalized spacial score (nSPS) is 17.8. The summed E-state index contributed by atoms with van der Waals surface area (Å²) in [4.78, 5) is 0. The van der Waals surface area contributed by atoms with E-state index in [9.17, 15) is 0 Å². The van der Waals surface area contributed by atoms with Crippen molar-refractivity contribution in [2.24, 2.45) is 0 Å². The molecule has 0 aliphatic heterocycles. The van der Waals surface area contributed by atoms with Crippen molar-refractivity contribution in [1.82, 2.24) is 5.32 Å². The third kappa shape index (κ3) is 2.70. The maximum Gasteiger partial charge on any atom is 0.0693 e. The second-order valence-corrected chi connectivity index (χ2v) is 5.63. The number of rotatable bonds is 4. The highest BCUT2D eigenvalue weighted by atomic mass is 35.5. The molecule has 0 bridgehead atoms. The highest BCUT2D eigenvalue weighted by Gasteiger charge is 2.34. The van der Waals surface area contributed by atoms with Gasteiger partial charge in [-0.05, 0) is 43.4 Å². The molecule has 1 saturated carbocycles. The van der Waals surface area contributed by atoms with Crippen molar-refractivity contribution in [2.45, 2.75) is 44.7 Å². The van der Waals surface area contributed by atoms with Crippen LogP contribution < -0.4 is 11.1 Å². The second kappa shape index (κ2) is 5.05. The van der Waals surface area contributed by atoms with Gasteiger partial charge in [-0.25, -0.2) is 0 Å². The van der Waals surface area contributed by atoms with Gasteiger partial charge in [0.25, 0.3) is 0 Å². The van der Waals surface area contributed by atoms with Gasteiger partial charge >= 0.3 is 0 Å². The van der Waals surface area contributed by atoms with Crippen LogP contribution in [0.3, 0.4) is 0 Å². The van der Waals surface area contributed by atoms with Gasteiger partial charge in [-0.2, -0.15) is 0 Å². The molecule has 1 aliphatic rings. The Kier molecular flexibility index (Phi) is 3.86. The van der Waals surface area contributed by atoms with Crippen LogP contribution in [0.25, 0.3) is 0 Å². The van der Waals surface area contributed by atoms with Gasteiger partial charge in [0.15, 0.2) is 0 Å². The minimum atomic E-state index is 0.334. The van der Waals surface area contributed by atoms with Crippen LogP contribution in [-0.2, 0) is 6.54 Å². The quantitative estimate of drug-likeness (QED) is 0.814. The van der Waals surface area contributed by atoms with Crippen molar-refractivity contribution in [2.75, 3.05) is 5.73 Å². The number of nitrogen functional groups attached to an aromatic ring is 1. The van der Waals surface area contributed by atoms with Crippen LogP contribution in [0.5, 0.6) is 0 Å². The van der Waals surface area contributed by atoms with E-state index in [2.05, 4.69) is 12.2 Å². The molecule has 0 unspecified atom stereocenters. The summed E-state index contributed by atoms with van der Waals surface area (Å²) in [7, 11) is 0. The summed E-state index contributed by atoms with van der Waals surface area (Å²) in [6.45, 7) is 3.03. The fourth-order valence-corrected chi connectivity index (χ4v) is 2.82. The molecule has 17 heavy (non-hydrogen) atoms. The first-order valence-corrected chi connectivity index (χ1v) is 6.80. The number of anilines is 1. The van der Waals surface area contributed by atoms with Gasteiger partial charge in [0.2, 0.25) is 0 Å². The SMILES string of the molecule is CCC1(NCc2cc(Cl)c(N)c(Cl)c2)CCC1. The molecule has 3 N–H and O–H groups in total. The zero-order chi connectivity index (χ0) is 12.5. The van der Waals surface area contributed by atoms with E-state index in [-0.39, 0.29) is 0 Å². The van der Waals surface area contributed by atoms with Crippen LogP contribution in [0, 0.1) is 0 Å². The van der Waals surface area contributed by atoms with Crippen molar-refractivity contribution < 1.29 is 0 Å². The average Bonchev–Trinajstić information content (AvgIpc) is 2.25. The van der Waals surface area contributed by atoms with Crippen LogP contribution >= 0.6 is 23.2 Å². The lowest BCUT2D eigenvalue weighted by atomic mass is 9.75. The molecule has 0 aromatic heterocycles. The molecule has 0 saturated heterocycles. The molecule has 1 aliphatic carbocycles. The maximum absolute atomic E-state index is 6.01. The molecule has 1 fully saturated rings. The first-order chi connectivity index (χ1) is 8.06. The summed E-state index contributed by atoms with van der Waals surface area (Å²) in [5, 5.41) is 4.69. The van der Waals surface area contributed by atoms with Crippen molar-refractivity contribution in [3.63, 3.8) is 0 Å². The lowest BCUT2D eigenvalue weighted by molar-refractivity contribution is 0.175. The summed E-state index contributed by atoms with van der Waals surface area (Å²) in [5.41, 5.74) is 7.60. The Labute approximate surface area is 112 Å². The average molecular weight is 273 g/mol.